The third-order valence-corrected chi connectivity index (χ3v) is 4.85. The number of carbonyl (C=O) groups excluding carboxylic acids is 2. The van der Waals surface area contributed by atoms with Gasteiger partial charge in [-0.25, -0.2) is 9.37 Å². The van der Waals surface area contributed by atoms with Crippen molar-refractivity contribution in [3.63, 3.8) is 0 Å². The number of hydrogen-bond acceptors (Lipinski definition) is 4. The van der Waals surface area contributed by atoms with Crippen LogP contribution in [0.15, 0.2) is 29.6 Å². The topological polar surface area (TPSA) is 62.3 Å². The minimum absolute atomic E-state index is 0.0882. The highest BCUT2D eigenvalue weighted by Crippen LogP contribution is 2.25. The third kappa shape index (κ3) is 3.79. The van der Waals surface area contributed by atoms with Gasteiger partial charge in [0.1, 0.15) is 5.82 Å². The highest BCUT2D eigenvalue weighted by atomic mass is 32.1. The minimum Gasteiger partial charge on any atom is -0.349 e. The van der Waals surface area contributed by atoms with Crippen LogP contribution in [0.2, 0.25) is 0 Å². The van der Waals surface area contributed by atoms with E-state index in [1.165, 1.54) is 23.5 Å². The van der Waals surface area contributed by atoms with Crippen molar-refractivity contribution in [1.82, 2.24) is 10.3 Å². The summed E-state index contributed by atoms with van der Waals surface area (Å²) in [6.07, 6.45) is 1.57. The number of halogens is 1. The Morgan fingerprint density at radius 3 is 2.83 bits per heavy atom. The Labute approximate surface area is 143 Å². The van der Waals surface area contributed by atoms with Gasteiger partial charge in [-0.2, -0.15) is 0 Å². The number of amides is 2. The molecule has 1 aromatic heterocycles. The summed E-state index contributed by atoms with van der Waals surface area (Å²) in [4.78, 5) is 29.9. The van der Waals surface area contributed by atoms with Crippen LogP contribution in [0.25, 0.3) is 0 Å². The summed E-state index contributed by atoms with van der Waals surface area (Å²) in [6, 6.07) is 5.84. The summed E-state index contributed by atoms with van der Waals surface area (Å²) in [5, 5.41) is 5.34. The summed E-state index contributed by atoms with van der Waals surface area (Å²) < 4.78 is 12.9. The number of aromatic nitrogens is 1. The van der Waals surface area contributed by atoms with Crippen LogP contribution in [0, 0.1) is 5.82 Å². The van der Waals surface area contributed by atoms with Gasteiger partial charge in [-0.1, -0.05) is 12.1 Å². The standard InChI is InChI=1S/C17H18FN3O2S/c1-11(12-4-6-13(18)7-5-12)19-15(22)9-14-10-24-17(20-14)21-8-2-3-16(21)23/h4-7,10-11H,2-3,8-9H2,1H3,(H,19,22)/t11-/m0/s1. The van der Waals surface area contributed by atoms with Gasteiger partial charge >= 0.3 is 0 Å². The predicted molar refractivity (Wildman–Crippen MR) is 90.4 cm³/mol. The zero-order valence-corrected chi connectivity index (χ0v) is 14.1. The van der Waals surface area contributed by atoms with Gasteiger partial charge in [-0.3, -0.25) is 14.5 Å². The fourth-order valence-electron chi connectivity index (χ4n) is 2.64. The van der Waals surface area contributed by atoms with Crippen LogP contribution in [-0.4, -0.2) is 23.3 Å². The van der Waals surface area contributed by atoms with Crippen LogP contribution >= 0.6 is 11.3 Å². The Kier molecular flexibility index (Phi) is 4.89. The van der Waals surface area contributed by atoms with Gasteiger partial charge in [-0.05, 0) is 31.0 Å². The number of carbonyl (C=O) groups is 2. The van der Waals surface area contributed by atoms with Gasteiger partial charge in [0, 0.05) is 18.3 Å². The lowest BCUT2D eigenvalue weighted by Crippen LogP contribution is -2.28. The zero-order chi connectivity index (χ0) is 17.1. The summed E-state index contributed by atoms with van der Waals surface area (Å²) in [5.74, 6) is -0.370. The number of rotatable bonds is 5. The van der Waals surface area contributed by atoms with Gasteiger partial charge in [-0.15, -0.1) is 11.3 Å². The van der Waals surface area contributed by atoms with Crippen LogP contribution in [0.4, 0.5) is 9.52 Å². The van der Waals surface area contributed by atoms with Crippen molar-refractivity contribution in [2.75, 3.05) is 11.4 Å². The van der Waals surface area contributed by atoms with Gasteiger partial charge in [0.05, 0.1) is 18.2 Å². The van der Waals surface area contributed by atoms with Crippen molar-refractivity contribution >= 4 is 28.3 Å². The zero-order valence-electron chi connectivity index (χ0n) is 13.3. The van der Waals surface area contributed by atoms with Crippen LogP contribution in [-0.2, 0) is 16.0 Å². The molecule has 126 valence electrons. The SMILES string of the molecule is C[C@H](NC(=O)Cc1csc(N2CCCC2=O)n1)c1ccc(F)cc1. The number of thiazole rings is 1. The molecular weight excluding hydrogens is 329 g/mol. The second kappa shape index (κ2) is 7.09. The van der Waals surface area contributed by atoms with E-state index in [1.54, 1.807) is 17.0 Å². The average molecular weight is 347 g/mol. The molecule has 0 bridgehead atoms. The first-order valence-corrected chi connectivity index (χ1v) is 8.70. The lowest BCUT2D eigenvalue weighted by atomic mass is 10.1. The summed E-state index contributed by atoms with van der Waals surface area (Å²) >= 11 is 1.38. The second-order valence-corrected chi connectivity index (χ2v) is 6.62. The lowest BCUT2D eigenvalue weighted by molar-refractivity contribution is -0.121. The Balaban J connectivity index is 1.58. The monoisotopic (exact) mass is 347 g/mol. The van der Waals surface area contributed by atoms with E-state index in [1.807, 2.05) is 12.3 Å². The highest BCUT2D eigenvalue weighted by Gasteiger charge is 2.24. The molecule has 1 N–H and O–H groups in total. The molecule has 0 spiro atoms. The molecule has 0 unspecified atom stereocenters. The molecule has 1 aliphatic heterocycles. The molecule has 1 aromatic carbocycles. The van der Waals surface area contributed by atoms with E-state index in [-0.39, 0.29) is 30.1 Å². The minimum atomic E-state index is -0.302. The lowest BCUT2D eigenvalue weighted by Gasteiger charge is -2.14. The average Bonchev–Trinajstić information content (AvgIpc) is 3.16. The molecule has 2 amide bonds. The molecular formula is C17H18FN3O2S. The van der Waals surface area contributed by atoms with E-state index < -0.39 is 0 Å². The number of benzene rings is 1. The summed E-state index contributed by atoms with van der Waals surface area (Å²) in [6.45, 7) is 2.54. The Bertz CT molecular complexity index is 745. The molecule has 1 aliphatic rings. The molecule has 1 saturated heterocycles. The maximum Gasteiger partial charge on any atom is 0.228 e. The number of anilines is 1. The summed E-state index contributed by atoms with van der Waals surface area (Å²) in [5.41, 5.74) is 1.49. The van der Waals surface area contributed by atoms with Crippen LogP contribution in [0.1, 0.15) is 37.1 Å². The molecule has 1 fully saturated rings. The fraction of sp³-hybridized carbons (Fsp3) is 0.353. The largest absolute Gasteiger partial charge is 0.349 e. The molecule has 3 rings (SSSR count). The van der Waals surface area contributed by atoms with Gasteiger partial charge in [0.15, 0.2) is 5.13 Å². The first-order chi connectivity index (χ1) is 11.5. The number of nitrogens with zero attached hydrogens (tertiary/aromatic N) is 2. The molecule has 1 atom stereocenters. The van der Waals surface area contributed by atoms with E-state index in [2.05, 4.69) is 10.3 Å². The Hall–Kier alpha value is -2.28. The fourth-order valence-corrected chi connectivity index (χ4v) is 3.51. The van der Waals surface area contributed by atoms with Crippen molar-refractivity contribution in [2.24, 2.45) is 0 Å². The van der Waals surface area contributed by atoms with Crippen molar-refractivity contribution < 1.29 is 14.0 Å². The quantitative estimate of drug-likeness (QED) is 0.905. The van der Waals surface area contributed by atoms with Gasteiger partial charge in [0.2, 0.25) is 11.8 Å². The second-order valence-electron chi connectivity index (χ2n) is 5.79. The van der Waals surface area contributed by atoms with E-state index in [4.69, 9.17) is 0 Å². The molecule has 2 heterocycles. The molecule has 7 heteroatoms. The van der Waals surface area contributed by atoms with Gasteiger partial charge < -0.3 is 5.32 Å². The smallest absolute Gasteiger partial charge is 0.228 e. The van der Waals surface area contributed by atoms with Crippen LogP contribution in [0.3, 0.4) is 0 Å². The molecule has 24 heavy (non-hydrogen) atoms. The molecule has 0 aliphatic carbocycles. The molecule has 0 radical (unpaired) electrons. The maximum absolute atomic E-state index is 12.9. The van der Waals surface area contributed by atoms with E-state index in [9.17, 15) is 14.0 Å². The van der Waals surface area contributed by atoms with Crippen molar-refractivity contribution in [2.45, 2.75) is 32.2 Å². The van der Waals surface area contributed by atoms with Crippen molar-refractivity contribution in [1.29, 1.82) is 0 Å². The van der Waals surface area contributed by atoms with E-state index >= 15 is 0 Å². The maximum atomic E-state index is 12.9. The first-order valence-electron chi connectivity index (χ1n) is 7.82. The molecule has 2 aromatic rings. The molecule has 5 nitrogen and oxygen atoms in total. The Morgan fingerprint density at radius 1 is 1.42 bits per heavy atom. The van der Waals surface area contributed by atoms with Crippen LogP contribution < -0.4 is 10.2 Å². The van der Waals surface area contributed by atoms with E-state index in [0.717, 1.165) is 12.0 Å². The van der Waals surface area contributed by atoms with Gasteiger partial charge in [0.25, 0.3) is 0 Å². The Morgan fingerprint density at radius 2 is 2.17 bits per heavy atom. The van der Waals surface area contributed by atoms with Crippen LogP contribution in [0.5, 0.6) is 0 Å². The number of hydrogen-bond donors (Lipinski definition) is 1. The van der Waals surface area contributed by atoms with E-state index in [0.29, 0.717) is 23.8 Å². The normalized spacial score (nSPS) is 15.6. The first kappa shape index (κ1) is 16.6. The van der Waals surface area contributed by atoms with Crippen molar-refractivity contribution in [3.8, 4) is 0 Å². The number of nitrogens with one attached hydrogen (secondary N) is 1. The highest BCUT2D eigenvalue weighted by molar-refractivity contribution is 7.14. The van der Waals surface area contributed by atoms with Crippen molar-refractivity contribution in [3.05, 3.63) is 46.7 Å². The third-order valence-electron chi connectivity index (χ3n) is 3.93. The molecule has 0 saturated carbocycles. The predicted octanol–water partition coefficient (Wildman–Crippen LogP) is 2.83. The summed E-state index contributed by atoms with van der Waals surface area (Å²) in [7, 11) is 0.